The Morgan fingerprint density at radius 2 is 1.71 bits per heavy atom. The minimum absolute atomic E-state index is 0.130. The van der Waals surface area contributed by atoms with Gasteiger partial charge < -0.3 is 10.1 Å². The molecule has 0 spiro atoms. The van der Waals surface area contributed by atoms with Crippen LogP contribution in [0.25, 0.3) is 11.6 Å². The predicted octanol–water partition coefficient (Wildman–Crippen LogP) is 5.06. The van der Waals surface area contributed by atoms with E-state index in [1.54, 1.807) is 0 Å². The van der Waals surface area contributed by atoms with Gasteiger partial charge in [0.1, 0.15) is 5.76 Å². The molecule has 174 valence electrons. The van der Waals surface area contributed by atoms with Gasteiger partial charge in [0, 0.05) is 33.3 Å². The maximum atomic E-state index is 11.1. The smallest absolute Gasteiger partial charge is 0.109 e. The number of rotatable bonds is 2. The third kappa shape index (κ3) is 2.97. The van der Waals surface area contributed by atoms with Gasteiger partial charge in [0.2, 0.25) is 0 Å². The van der Waals surface area contributed by atoms with E-state index in [4.69, 9.17) is 15.0 Å². The average molecular weight is 461 g/mol. The number of aromatic amines is 1. The summed E-state index contributed by atoms with van der Waals surface area (Å²) in [4.78, 5) is 18.5. The Kier molecular flexibility index (Phi) is 4.62. The zero-order chi connectivity index (χ0) is 24.6. The standard InChI is InChI=1S/C30H28N4O/c1-7-19-14(3)22-11-18-9-10-21(31-18)27-17(6)30(35)28-16(5)24(34-29(27)28)13-26-20(8-2)15(4)23(33-26)12-25(19)32-22/h7,9-13,17,31,35H,1,8H2,2-6H3/t17-/m1/s1. The minimum atomic E-state index is -0.130. The van der Waals surface area contributed by atoms with Gasteiger partial charge in [0.05, 0.1) is 34.2 Å². The van der Waals surface area contributed by atoms with E-state index < -0.39 is 0 Å². The molecule has 5 aliphatic rings. The predicted molar refractivity (Wildman–Crippen MR) is 144 cm³/mol. The fraction of sp³-hybridized carbons (Fsp3) is 0.233. The summed E-state index contributed by atoms with van der Waals surface area (Å²) < 4.78 is 0. The molecule has 1 aromatic heterocycles. The first kappa shape index (κ1) is 21.5. The fourth-order valence-corrected chi connectivity index (χ4v) is 5.64. The highest BCUT2D eigenvalue weighted by Crippen LogP contribution is 2.43. The molecule has 6 rings (SSSR count). The van der Waals surface area contributed by atoms with E-state index in [-0.39, 0.29) is 5.92 Å². The van der Waals surface area contributed by atoms with Gasteiger partial charge in [0.15, 0.2) is 0 Å². The Balaban J connectivity index is 1.70. The van der Waals surface area contributed by atoms with Gasteiger partial charge in [-0.2, -0.15) is 0 Å². The molecule has 1 atom stereocenters. The topological polar surface area (TPSA) is 73.1 Å². The maximum Gasteiger partial charge on any atom is 0.109 e. The van der Waals surface area contributed by atoms with Crippen LogP contribution < -0.4 is 10.7 Å². The van der Waals surface area contributed by atoms with Crippen molar-refractivity contribution in [2.24, 2.45) is 20.9 Å². The SMILES string of the molecule is C=CC1=C(C)C2=NC1=CC1=NC(=CC3=C(C)C4=C(O)[C@H](C)C(=c5ccc([nH]5)=C2)C4=N3)C(CC)=C1C. The molecule has 1 aromatic rings. The quantitative estimate of drug-likeness (QED) is 0.636. The third-order valence-electron chi connectivity index (χ3n) is 7.67. The lowest BCUT2D eigenvalue weighted by Gasteiger charge is -2.07. The van der Waals surface area contributed by atoms with Crippen LogP contribution in [0, 0.1) is 5.92 Å². The summed E-state index contributed by atoms with van der Waals surface area (Å²) in [5.74, 6) is 0.251. The van der Waals surface area contributed by atoms with Crippen molar-refractivity contribution in [2.75, 3.05) is 0 Å². The molecular weight excluding hydrogens is 432 g/mol. The molecule has 5 heterocycles. The molecule has 1 aliphatic carbocycles. The van der Waals surface area contributed by atoms with Gasteiger partial charge in [-0.1, -0.05) is 26.5 Å². The molecule has 0 fully saturated rings. The number of aliphatic hydroxyl groups excluding tert-OH is 1. The molecule has 0 saturated carbocycles. The largest absolute Gasteiger partial charge is 0.511 e. The summed E-state index contributed by atoms with van der Waals surface area (Å²) in [6.07, 6.45) is 8.94. The molecule has 0 aromatic carbocycles. The molecular formula is C30H28N4O. The molecule has 5 heteroatoms. The first-order valence-corrected chi connectivity index (χ1v) is 12.1. The highest BCUT2D eigenvalue weighted by Gasteiger charge is 2.38. The number of nitrogens with one attached hydrogen (secondary N) is 1. The molecule has 0 radical (unpaired) electrons. The van der Waals surface area contributed by atoms with Crippen molar-refractivity contribution in [2.45, 2.75) is 41.0 Å². The Hall–Kier alpha value is -3.99. The van der Waals surface area contributed by atoms with E-state index in [0.29, 0.717) is 5.76 Å². The molecule has 8 bridgehead atoms. The summed E-state index contributed by atoms with van der Waals surface area (Å²) >= 11 is 0. The number of aromatic nitrogens is 1. The maximum absolute atomic E-state index is 11.1. The van der Waals surface area contributed by atoms with Crippen LogP contribution in [0.15, 0.2) is 108 Å². The van der Waals surface area contributed by atoms with Gasteiger partial charge >= 0.3 is 0 Å². The number of H-pyrrole nitrogens is 1. The van der Waals surface area contributed by atoms with E-state index in [1.807, 2.05) is 19.9 Å². The van der Waals surface area contributed by atoms with E-state index in [2.05, 4.69) is 62.7 Å². The first-order valence-electron chi connectivity index (χ1n) is 12.1. The molecule has 4 aliphatic heterocycles. The second-order valence-corrected chi connectivity index (χ2v) is 9.59. The number of nitrogens with zero attached hydrogens (tertiary/aromatic N) is 3. The Bertz CT molecular complexity index is 1670. The van der Waals surface area contributed by atoms with Crippen LogP contribution in [0.1, 0.15) is 41.0 Å². The average Bonchev–Trinajstić information content (AvgIpc) is 3.59. The molecule has 0 saturated heterocycles. The minimum Gasteiger partial charge on any atom is -0.511 e. The van der Waals surface area contributed by atoms with Crippen LogP contribution in [-0.4, -0.2) is 27.2 Å². The Morgan fingerprint density at radius 3 is 2.46 bits per heavy atom. The van der Waals surface area contributed by atoms with Gasteiger partial charge in [-0.3, -0.25) is 0 Å². The van der Waals surface area contributed by atoms with Gasteiger partial charge in [-0.15, -0.1) is 0 Å². The van der Waals surface area contributed by atoms with Gasteiger partial charge in [-0.25, -0.2) is 15.0 Å². The van der Waals surface area contributed by atoms with Crippen molar-refractivity contribution < 1.29 is 5.11 Å². The van der Waals surface area contributed by atoms with E-state index in [9.17, 15) is 5.11 Å². The number of hydrogen-bond donors (Lipinski definition) is 2. The van der Waals surface area contributed by atoms with E-state index in [0.717, 1.165) is 84.8 Å². The van der Waals surface area contributed by atoms with Crippen LogP contribution in [0.2, 0.25) is 0 Å². The molecule has 2 N–H and O–H groups in total. The number of hydrogen-bond acceptors (Lipinski definition) is 4. The highest BCUT2D eigenvalue weighted by molar-refractivity contribution is 6.34. The second-order valence-electron chi connectivity index (χ2n) is 9.59. The third-order valence-corrected chi connectivity index (χ3v) is 7.67. The van der Waals surface area contributed by atoms with Crippen molar-refractivity contribution in [1.82, 2.24) is 4.98 Å². The number of aliphatic hydroxyl groups is 1. The molecule has 35 heavy (non-hydrogen) atoms. The number of aliphatic imine (C=N–C) groups is 3. The Labute approximate surface area is 204 Å². The summed E-state index contributed by atoms with van der Waals surface area (Å²) in [6.45, 7) is 14.5. The Morgan fingerprint density at radius 1 is 0.971 bits per heavy atom. The monoisotopic (exact) mass is 460 g/mol. The van der Waals surface area contributed by atoms with Gasteiger partial charge in [0.25, 0.3) is 0 Å². The summed E-state index contributed by atoms with van der Waals surface area (Å²) in [6, 6.07) is 4.12. The lowest BCUT2D eigenvalue weighted by Crippen LogP contribution is -2.19. The number of fused-ring (bicyclic) bond motifs is 5. The van der Waals surface area contributed by atoms with Crippen LogP contribution in [0.5, 0.6) is 0 Å². The lowest BCUT2D eigenvalue weighted by atomic mass is 10.0. The van der Waals surface area contributed by atoms with Crippen LogP contribution in [-0.2, 0) is 0 Å². The zero-order valence-electron chi connectivity index (χ0n) is 20.7. The van der Waals surface area contributed by atoms with Crippen LogP contribution in [0.3, 0.4) is 0 Å². The fourth-order valence-electron chi connectivity index (χ4n) is 5.64. The van der Waals surface area contributed by atoms with Gasteiger partial charge in [-0.05, 0) is 79.8 Å². The van der Waals surface area contributed by atoms with Crippen molar-refractivity contribution in [3.63, 3.8) is 0 Å². The zero-order valence-corrected chi connectivity index (χ0v) is 20.7. The van der Waals surface area contributed by atoms with E-state index >= 15 is 0 Å². The molecule has 0 amide bonds. The highest BCUT2D eigenvalue weighted by atomic mass is 16.3. The normalized spacial score (nSPS) is 23.1. The first-order chi connectivity index (χ1) is 16.8. The molecule has 0 unspecified atom stereocenters. The van der Waals surface area contributed by atoms with Crippen molar-refractivity contribution in [3.05, 3.63) is 104 Å². The lowest BCUT2D eigenvalue weighted by molar-refractivity contribution is 0.371. The summed E-state index contributed by atoms with van der Waals surface area (Å²) in [5, 5.41) is 13.0. The van der Waals surface area contributed by atoms with Crippen LogP contribution in [0.4, 0.5) is 0 Å². The second kappa shape index (κ2) is 7.51. The molecule has 5 nitrogen and oxygen atoms in total. The van der Waals surface area contributed by atoms with E-state index in [1.165, 1.54) is 5.57 Å². The van der Waals surface area contributed by atoms with Crippen molar-refractivity contribution in [1.29, 1.82) is 0 Å². The van der Waals surface area contributed by atoms with Crippen molar-refractivity contribution in [3.8, 4) is 0 Å². The summed E-state index contributed by atoms with van der Waals surface area (Å²) in [5.41, 5.74) is 12.7. The number of allylic oxidation sites excluding steroid dienone is 9. The summed E-state index contributed by atoms with van der Waals surface area (Å²) in [7, 11) is 0. The van der Waals surface area contributed by atoms with Crippen molar-refractivity contribution >= 4 is 28.8 Å². The van der Waals surface area contributed by atoms with Crippen LogP contribution >= 0.6 is 0 Å².